The zero-order valence-corrected chi connectivity index (χ0v) is 8.30. The Morgan fingerprint density at radius 2 is 2.07 bits per heavy atom. The van der Waals surface area contributed by atoms with Crippen molar-refractivity contribution in [3.05, 3.63) is 35.6 Å². The molecule has 2 heteroatoms. The van der Waals surface area contributed by atoms with Crippen LogP contribution in [0.5, 0.6) is 0 Å². The zero-order valence-electron chi connectivity index (χ0n) is 8.30. The summed E-state index contributed by atoms with van der Waals surface area (Å²) >= 11 is 0. The Kier molecular flexibility index (Phi) is 3.14. The van der Waals surface area contributed by atoms with E-state index in [4.69, 9.17) is 0 Å². The van der Waals surface area contributed by atoms with Crippen molar-refractivity contribution in [3.63, 3.8) is 0 Å². The first-order valence-electron chi connectivity index (χ1n) is 5.30. The summed E-state index contributed by atoms with van der Waals surface area (Å²) < 4.78 is 12.7. The van der Waals surface area contributed by atoms with Gasteiger partial charge in [0.15, 0.2) is 0 Å². The second kappa shape index (κ2) is 4.56. The predicted molar refractivity (Wildman–Crippen MR) is 55.7 cm³/mol. The molecular weight excluding hydrogens is 177 g/mol. The maximum absolute atomic E-state index is 12.7. The number of benzene rings is 1. The van der Waals surface area contributed by atoms with Crippen molar-refractivity contribution in [1.29, 1.82) is 0 Å². The van der Waals surface area contributed by atoms with Crippen LogP contribution in [0.15, 0.2) is 24.3 Å². The second-order valence-corrected chi connectivity index (χ2v) is 4.04. The quantitative estimate of drug-likeness (QED) is 0.760. The Morgan fingerprint density at radius 1 is 1.29 bits per heavy atom. The standard InChI is InChI=1S/C12H16FN/c13-12-5-3-10(4-6-12)8-11-2-1-7-14-9-11/h3-6,11,14H,1-2,7-9H2/t11-/m0/s1. The molecule has 0 radical (unpaired) electrons. The molecule has 1 heterocycles. The molecule has 1 aliphatic rings. The first kappa shape index (κ1) is 9.66. The van der Waals surface area contributed by atoms with E-state index in [1.807, 2.05) is 12.1 Å². The summed E-state index contributed by atoms with van der Waals surface area (Å²) in [7, 11) is 0. The van der Waals surface area contributed by atoms with Crippen LogP contribution in [0.2, 0.25) is 0 Å². The Labute approximate surface area is 84.3 Å². The molecule has 0 bridgehead atoms. The molecule has 0 aliphatic carbocycles. The largest absolute Gasteiger partial charge is 0.316 e. The number of hydrogen-bond donors (Lipinski definition) is 1. The maximum atomic E-state index is 12.7. The lowest BCUT2D eigenvalue weighted by Crippen LogP contribution is -2.30. The summed E-state index contributed by atoms with van der Waals surface area (Å²) in [5, 5.41) is 3.39. The van der Waals surface area contributed by atoms with Gasteiger partial charge >= 0.3 is 0 Å². The van der Waals surface area contributed by atoms with Crippen LogP contribution < -0.4 is 5.32 Å². The van der Waals surface area contributed by atoms with E-state index in [1.54, 1.807) is 12.1 Å². The van der Waals surface area contributed by atoms with Gasteiger partial charge < -0.3 is 5.32 Å². The van der Waals surface area contributed by atoms with Gasteiger partial charge in [0.05, 0.1) is 0 Å². The molecule has 1 aromatic rings. The fourth-order valence-corrected chi connectivity index (χ4v) is 2.05. The van der Waals surface area contributed by atoms with Crippen molar-refractivity contribution in [1.82, 2.24) is 5.32 Å². The van der Waals surface area contributed by atoms with Crippen LogP contribution in [0.4, 0.5) is 4.39 Å². The highest BCUT2D eigenvalue weighted by Gasteiger charge is 2.12. The predicted octanol–water partition coefficient (Wildman–Crippen LogP) is 2.37. The van der Waals surface area contributed by atoms with Gasteiger partial charge in [-0.1, -0.05) is 12.1 Å². The molecule has 1 atom stereocenters. The highest BCUT2D eigenvalue weighted by atomic mass is 19.1. The molecule has 1 saturated heterocycles. The van der Waals surface area contributed by atoms with Gasteiger partial charge in [0.25, 0.3) is 0 Å². The topological polar surface area (TPSA) is 12.0 Å². The molecule has 1 N–H and O–H groups in total. The van der Waals surface area contributed by atoms with E-state index in [0.717, 1.165) is 25.4 Å². The molecule has 0 unspecified atom stereocenters. The Bertz CT molecular complexity index is 275. The lowest BCUT2D eigenvalue weighted by molar-refractivity contribution is 0.376. The minimum absolute atomic E-state index is 0.143. The summed E-state index contributed by atoms with van der Waals surface area (Å²) in [6.07, 6.45) is 3.64. The van der Waals surface area contributed by atoms with Crippen molar-refractivity contribution in [2.75, 3.05) is 13.1 Å². The third kappa shape index (κ3) is 2.55. The first-order chi connectivity index (χ1) is 6.84. The van der Waals surface area contributed by atoms with Crippen LogP contribution in [-0.4, -0.2) is 13.1 Å². The molecule has 1 fully saturated rings. The molecule has 76 valence electrons. The van der Waals surface area contributed by atoms with Gasteiger partial charge in [0.1, 0.15) is 5.82 Å². The van der Waals surface area contributed by atoms with Gasteiger partial charge in [-0.05, 0) is 56.0 Å². The van der Waals surface area contributed by atoms with Crippen LogP contribution in [0.3, 0.4) is 0 Å². The summed E-state index contributed by atoms with van der Waals surface area (Å²) in [6, 6.07) is 6.88. The summed E-state index contributed by atoms with van der Waals surface area (Å²) in [5.41, 5.74) is 1.25. The minimum Gasteiger partial charge on any atom is -0.316 e. The van der Waals surface area contributed by atoms with Gasteiger partial charge in [-0.2, -0.15) is 0 Å². The monoisotopic (exact) mass is 193 g/mol. The third-order valence-corrected chi connectivity index (χ3v) is 2.84. The number of rotatable bonds is 2. The molecule has 0 saturated carbocycles. The molecule has 1 aliphatic heterocycles. The van der Waals surface area contributed by atoms with Gasteiger partial charge in [0.2, 0.25) is 0 Å². The Hall–Kier alpha value is -0.890. The van der Waals surface area contributed by atoms with E-state index in [1.165, 1.54) is 18.4 Å². The van der Waals surface area contributed by atoms with Crippen LogP contribution in [0, 0.1) is 11.7 Å². The molecule has 0 spiro atoms. The summed E-state index contributed by atoms with van der Waals surface area (Å²) in [6.45, 7) is 2.26. The van der Waals surface area contributed by atoms with E-state index < -0.39 is 0 Å². The SMILES string of the molecule is Fc1ccc(C[C@@H]2CCCNC2)cc1. The first-order valence-corrected chi connectivity index (χ1v) is 5.30. The summed E-state index contributed by atoms with van der Waals surface area (Å²) in [4.78, 5) is 0. The second-order valence-electron chi connectivity index (χ2n) is 4.04. The van der Waals surface area contributed by atoms with Crippen molar-refractivity contribution in [3.8, 4) is 0 Å². The van der Waals surface area contributed by atoms with Crippen molar-refractivity contribution >= 4 is 0 Å². The normalized spacial score (nSPS) is 22.2. The summed E-state index contributed by atoms with van der Waals surface area (Å²) in [5.74, 6) is 0.588. The highest BCUT2D eigenvalue weighted by Crippen LogP contribution is 2.16. The molecule has 0 amide bonds. The van der Waals surface area contributed by atoms with Gasteiger partial charge in [-0.25, -0.2) is 4.39 Å². The van der Waals surface area contributed by atoms with Crippen molar-refractivity contribution in [2.24, 2.45) is 5.92 Å². The Morgan fingerprint density at radius 3 is 2.71 bits per heavy atom. The van der Waals surface area contributed by atoms with E-state index in [2.05, 4.69) is 5.32 Å². The van der Waals surface area contributed by atoms with E-state index >= 15 is 0 Å². The number of piperidine rings is 1. The smallest absolute Gasteiger partial charge is 0.123 e. The van der Waals surface area contributed by atoms with E-state index in [-0.39, 0.29) is 5.82 Å². The number of nitrogens with one attached hydrogen (secondary N) is 1. The third-order valence-electron chi connectivity index (χ3n) is 2.84. The minimum atomic E-state index is -0.143. The van der Waals surface area contributed by atoms with Crippen LogP contribution in [0.1, 0.15) is 18.4 Å². The number of hydrogen-bond acceptors (Lipinski definition) is 1. The van der Waals surface area contributed by atoms with Gasteiger partial charge in [-0.3, -0.25) is 0 Å². The van der Waals surface area contributed by atoms with Crippen molar-refractivity contribution < 1.29 is 4.39 Å². The van der Waals surface area contributed by atoms with Crippen molar-refractivity contribution in [2.45, 2.75) is 19.3 Å². The lowest BCUT2D eigenvalue weighted by atomic mass is 9.92. The Balaban J connectivity index is 1.92. The fraction of sp³-hybridized carbons (Fsp3) is 0.500. The zero-order chi connectivity index (χ0) is 9.80. The maximum Gasteiger partial charge on any atom is 0.123 e. The molecule has 14 heavy (non-hydrogen) atoms. The van der Waals surface area contributed by atoms with Gasteiger partial charge in [-0.15, -0.1) is 0 Å². The van der Waals surface area contributed by atoms with Crippen LogP contribution in [-0.2, 0) is 6.42 Å². The molecule has 1 nitrogen and oxygen atoms in total. The highest BCUT2D eigenvalue weighted by molar-refractivity contribution is 5.16. The van der Waals surface area contributed by atoms with Crippen LogP contribution in [0.25, 0.3) is 0 Å². The molecular formula is C12H16FN. The fourth-order valence-electron chi connectivity index (χ4n) is 2.05. The average molecular weight is 193 g/mol. The van der Waals surface area contributed by atoms with E-state index in [0.29, 0.717) is 0 Å². The van der Waals surface area contributed by atoms with E-state index in [9.17, 15) is 4.39 Å². The molecule has 0 aromatic heterocycles. The van der Waals surface area contributed by atoms with Gasteiger partial charge in [0, 0.05) is 0 Å². The average Bonchev–Trinajstić information content (AvgIpc) is 2.23. The number of halogens is 1. The molecule has 2 rings (SSSR count). The lowest BCUT2D eigenvalue weighted by Gasteiger charge is -2.22. The van der Waals surface area contributed by atoms with Crippen LogP contribution >= 0.6 is 0 Å². The molecule has 1 aromatic carbocycles.